The fourth-order valence-electron chi connectivity index (χ4n) is 2.56. The lowest BCUT2D eigenvalue weighted by atomic mass is 9.98. The Balaban J connectivity index is 1.99. The van der Waals surface area contributed by atoms with E-state index in [2.05, 4.69) is 21.3 Å². The number of fused-ring (bicyclic) bond motifs is 1. The lowest BCUT2D eigenvalue weighted by Crippen LogP contribution is -2.10. The zero-order chi connectivity index (χ0) is 13.6. The van der Waals surface area contributed by atoms with Crippen molar-refractivity contribution in [3.8, 4) is 0 Å². The van der Waals surface area contributed by atoms with Crippen LogP contribution in [-0.4, -0.2) is 19.9 Å². The van der Waals surface area contributed by atoms with E-state index in [0.717, 1.165) is 15.4 Å². The van der Waals surface area contributed by atoms with Crippen LogP contribution in [0.15, 0.2) is 28.1 Å². The Morgan fingerprint density at radius 2 is 2.21 bits per heavy atom. The molecule has 102 valence electrons. The summed E-state index contributed by atoms with van der Waals surface area (Å²) in [6.07, 6.45) is 0.668. The summed E-state index contributed by atoms with van der Waals surface area (Å²) in [5, 5.41) is 2.96. The fraction of sp³-hybridized carbons (Fsp3) is 0.385. The van der Waals surface area contributed by atoms with Gasteiger partial charge < -0.3 is 0 Å². The largest absolute Gasteiger partial charge is 0.229 e. The molecule has 2 aromatic rings. The summed E-state index contributed by atoms with van der Waals surface area (Å²) in [7, 11) is -2.88. The van der Waals surface area contributed by atoms with Crippen molar-refractivity contribution in [2.75, 3.05) is 11.5 Å². The topological polar surface area (TPSA) is 34.1 Å². The van der Waals surface area contributed by atoms with Crippen molar-refractivity contribution in [2.45, 2.75) is 11.8 Å². The van der Waals surface area contributed by atoms with E-state index in [-0.39, 0.29) is 22.8 Å². The predicted molar refractivity (Wildman–Crippen MR) is 84.9 cm³/mol. The van der Waals surface area contributed by atoms with Gasteiger partial charge in [0.1, 0.15) is 0 Å². The van der Waals surface area contributed by atoms with Crippen molar-refractivity contribution in [1.29, 1.82) is 0 Å². The molecule has 1 saturated heterocycles. The third kappa shape index (κ3) is 2.58. The van der Waals surface area contributed by atoms with Gasteiger partial charge in [-0.25, -0.2) is 8.42 Å². The average molecular weight is 380 g/mol. The van der Waals surface area contributed by atoms with Crippen molar-refractivity contribution >= 4 is 58.8 Å². The Morgan fingerprint density at radius 1 is 1.42 bits per heavy atom. The number of thiophene rings is 1. The molecule has 6 heteroatoms. The van der Waals surface area contributed by atoms with E-state index in [9.17, 15) is 8.42 Å². The molecule has 1 fully saturated rings. The highest BCUT2D eigenvalue weighted by Crippen LogP contribution is 2.43. The molecule has 0 N–H and O–H groups in total. The molecule has 1 aliphatic rings. The van der Waals surface area contributed by atoms with Crippen LogP contribution in [0.3, 0.4) is 0 Å². The van der Waals surface area contributed by atoms with E-state index >= 15 is 0 Å². The maximum absolute atomic E-state index is 11.6. The second-order valence-corrected chi connectivity index (χ2v) is 9.31. The van der Waals surface area contributed by atoms with Crippen LogP contribution in [0.1, 0.15) is 17.4 Å². The molecular weight excluding hydrogens is 368 g/mol. The van der Waals surface area contributed by atoms with Gasteiger partial charge in [-0.1, -0.05) is 12.1 Å². The van der Waals surface area contributed by atoms with Gasteiger partial charge in [-0.05, 0) is 50.7 Å². The molecule has 2 heterocycles. The van der Waals surface area contributed by atoms with Gasteiger partial charge in [-0.2, -0.15) is 0 Å². The molecule has 19 heavy (non-hydrogen) atoms. The molecule has 2 unspecified atom stereocenters. The molecule has 0 saturated carbocycles. The minimum atomic E-state index is -2.88. The SMILES string of the molecule is O=S1(=O)CCC(C(Cl)c2csc3c(Br)cccc23)C1. The van der Waals surface area contributed by atoms with Crippen LogP contribution in [-0.2, 0) is 9.84 Å². The van der Waals surface area contributed by atoms with Crippen LogP contribution in [0.2, 0.25) is 0 Å². The highest BCUT2D eigenvalue weighted by molar-refractivity contribution is 9.10. The Kier molecular flexibility index (Phi) is 3.67. The molecule has 1 aromatic carbocycles. The summed E-state index contributed by atoms with van der Waals surface area (Å²) in [6.45, 7) is 0. The third-order valence-electron chi connectivity index (χ3n) is 3.56. The standard InChI is InChI=1S/C13H12BrClO2S2/c14-11-3-1-2-9-10(6-18-13(9)11)12(15)8-4-5-19(16,17)7-8/h1-3,6,8,12H,4-5,7H2. The van der Waals surface area contributed by atoms with Crippen LogP contribution in [0.5, 0.6) is 0 Å². The van der Waals surface area contributed by atoms with Gasteiger partial charge in [0.05, 0.1) is 16.9 Å². The van der Waals surface area contributed by atoms with Gasteiger partial charge in [0.15, 0.2) is 9.84 Å². The van der Waals surface area contributed by atoms with Gasteiger partial charge in [-0.15, -0.1) is 22.9 Å². The molecular formula is C13H12BrClO2S2. The van der Waals surface area contributed by atoms with Gasteiger partial charge in [0, 0.05) is 9.17 Å². The smallest absolute Gasteiger partial charge is 0.150 e. The first kappa shape index (κ1) is 13.9. The van der Waals surface area contributed by atoms with Crippen molar-refractivity contribution in [3.63, 3.8) is 0 Å². The summed E-state index contributed by atoms with van der Waals surface area (Å²) < 4.78 is 25.4. The highest BCUT2D eigenvalue weighted by atomic mass is 79.9. The predicted octanol–water partition coefficient (Wildman–Crippen LogP) is 4.38. The third-order valence-corrected chi connectivity index (χ3v) is 7.92. The van der Waals surface area contributed by atoms with E-state index in [1.165, 1.54) is 4.70 Å². The van der Waals surface area contributed by atoms with Crippen LogP contribution in [0.4, 0.5) is 0 Å². The quantitative estimate of drug-likeness (QED) is 0.726. The molecule has 0 amide bonds. The van der Waals surface area contributed by atoms with Crippen molar-refractivity contribution in [1.82, 2.24) is 0 Å². The number of halogens is 2. The zero-order valence-corrected chi connectivity index (χ0v) is 13.9. The number of sulfone groups is 1. The monoisotopic (exact) mass is 378 g/mol. The number of hydrogen-bond donors (Lipinski definition) is 0. The number of rotatable bonds is 2. The Hall–Kier alpha value is -0.100. The minimum Gasteiger partial charge on any atom is -0.229 e. The van der Waals surface area contributed by atoms with Crippen molar-refractivity contribution in [2.24, 2.45) is 5.92 Å². The minimum absolute atomic E-state index is 0.0310. The molecule has 0 spiro atoms. The summed E-state index contributed by atoms with van der Waals surface area (Å²) >= 11 is 11.7. The van der Waals surface area contributed by atoms with Crippen LogP contribution < -0.4 is 0 Å². The summed E-state index contributed by atoms with van der Waals surface area (Å²) in [4.78, 5) is 0. The lowest BCUT2D eigenvalue weighted by molar-refractivity contribution is 0.571. The second-order valence-electron chi connectivity index (χ2n) is 4.87. The van der Waals surface area contributed by atoms with E-state index in [1.807, 2.05) is 18.2 Å². The molecule has 2 atom stereocenters. The normalized spacial score (nSPS) is 23.8. The Labute approximate surface area is 129 Å². The number of benzene rings is 1. The van der Waals surface area contributed by atoms with E-state index in [4.69, 9.17) is 11.6 Å². The van der Waals surface area contributed by atoms with Gasteiger partial charge in [0.25, 0.3) is 0 Å². The van der Waals surface area contributed by atoms with Crippen LogP contribution >= 0.6 is 38.9 Å². The molecule has 0 bridgehead atoms. The highest BCUT2D eigenvalue weighted by Gasteiger charge is 2.34. The fourth-order valence-corrected chi connectivity index (χ4v) is 6.64. The van der Waals surface area contributed by atoms with Crippen LogP contribution in [0.25, 0.3) is 10.1 Å². The van der Waals surface area contributed by atoms with E-state index in [1.54, 1.807) is 11.3 Å². The first-order valence-electron chi connectivity index (χ1n) is 5.98. The molecule has 0 aliphatic carbocycles. The maximum Gasteiger partial charge on any atom is 0.150 e. The Bertz CT molecular complexity index is 723. The van der Waals surface area contributed by atoms with Crippen molar-refractivity contribution < 1.29 is 8.42 Å². The second kappa shape index (κ2) is 5.02. The lowest BCUT2D eigenvalue weighted by Gasteiger charge is -2.15. The van der Waals surface area contributed by atoms with Gasteiger partial charge >= 0.3 is 0 Å². The summed E-state index contributed by atoms with van der Waals surface area (Å²) in [5.41, 5.74) is 1.06. The van der Waals surface area contributed by atoms with E-state index in [0.29, 0.717) is 6.42 Å². The summed E-state index contributed by atoms with van der Waals surface area (Å²) in [6, 6.07) is 6.04. The molecule has 2 nitrogen and oxygen atoms in total. The van der Waals surface area contributed by atoms with Gasteiger partial charge in [0.2, 0.25) is 0 Å². The number of hydrogen-bond acceptors (Lipinski definition) is 3. The van der Waals surface area contributed by atoms with Crippen LogP contribution in [0, 0.1) is 5.92 Å². The van der Waals surface area contributed by atoms with Crippen molar-refractivity contribution in [3.05, 3.63) is 33.6 Å². The molecule has 1 aromatic heterocycles. The number of alkyl halides is 1. The first-order chi connectivity index (χ1) is 8.98. The average Bonchev–Trinajstić information content (AvgIpc) is 2.93. The zero-order valence-electron chi connectivity index (χ0n) is 9.97. The maximum atomic E-state index is 11.6. The molecule has 1 aliphatic heterocycles. The molecule has 3 rings (SSSR count). The Morgan fingerprint density at radius 3 is 2.89 bits per heavy atom. The molecule has 0 radical (unpaired) electrons. The first-order valence-corrected chi connectivity index (χ1v) is 9.91. The van der Waals surface area contributed by atoms with Gasteiger partial charge in [-0.3, -0.25) is 0 Å². The summed E-state index contributed by atoms with van der Waals surface area (Å²) in [5.74, 6) is 0.516. The van der Waals surface area contributed by atoms with E-state index < -0.39 is 9.84 Å².